The van der Waals surface area contributed by atoms with Crippen LogP contribution in [0.4, 0.5) is 22.1 Å². The van der Waals surface area contributed by atoms with Crippen LogP contribution < -0.4 is 16.8 Å². The summed E-state index contributed by atoms with van der Waals surface area (Å²) in [5.74, 6) is 0.953. The molecular formula is C19H24N8O2. The lowest BCUT2D eigenvalue weighted by Crippen LogP contribution is -2.16. The predicted molar refractivity (Wildman–Crippen MR) is 110 cm³/mol. The van der Waals surface area contributed by atoms with Gasteiger partial charge in [-0.15, -0.1) is 0 Å². The number of fused-ring (bicyclic) bond motifs is 1. The number of anilines is 3. The molecular weight excluding hydrogens is 372 g/mol. The fraction of sp³-hybridized carbons (Fsp3) is 0.421. The standard InChI is InChI=1S/C19H24N8O2/c1-29-19(28)23-14-15(20)24-17(25-16(14)21)13-12-8-5-9-22-18(12)27(26-13)10-11-6-3-2-4-7-11/h5,8-9,11H,2-4,6-7,10H2,1H3,(H,23,28)(H4,20,21,24,25). The maximum Gasteiger partial charge on any atom is 0.411 e. The maximum absolute atomic E-state index is 11.5. The van der Waals surface area contributed by atoms with Crippen molar-refractivity contribution in [1.29, 1.82) is 0 Å². The van der Waals surface area contributed by atoms with E-state index in [1.54, 1.807) is 6.20 Å². The van der Waals surface area contributed by atoms with E-state index >= 15 is 0 Å². The Bertz CT molecular complexity index is 1020. The number of carbonyl (C=O) groups excluding carboxylic acids is 1. The number of aromatic nitrogens is 5. The highest BCUT2D eigenvalue weighted by Gasteiger charge is 2.22. The Morgan fingerprint density at radius 2 is 1.97 bits per heavy atom. The van der Waals surface area contributed by atoms with Crippen LogP contribution in [0, 0.1) is 5.92 Å². The average Bonchev–Trinajstić information content (AvgIpc) is 3.10. The summed E-state index contributed by atoms with van der Waals surface area (Å²) in [6.45, 7) is 0.806. The van der Waals surface area contributed by atoms with E-state index in [0.717, 1.165) is 17.6 Å². The van der Waals surface area contributed by atoms with Crippen molar-refractivity contribution in [3.8, 4) is 11.5 Å². The summed E-state index contributed by atoms with van der Waals surface area (Å²) < 4.78 is 6.50. The van der Waals surface area contributed by atoms with Crippen LogP contribution in [0.15, 0.2) is 18.3 Å². The minimum absolute atomic E-state index is 0.0387. The van der Waals surface area contributed by atoms with Gasteiger partial charge in [0.2, 0.25) is 0 Å². The van der Waals surface area contributed by atoms with Gasteiger partial charge in [-0.3, -0.25) is 5.32 Å². The Kier molecular flexibility index (Phi) is 5.15. The van der Waals surface area contributed by atoms with Crippen molar-refractivity contribution in [3.05, 3.63) is 18.3 Å². The van der Waals surface area contributed by atoms with Crippen LogP contribution >= 0.6 is 0 Å². The van der Waals surface area contributed by atoms with Gasteiger partial charge in [0.25, 0.3) is 0 Å². The molecule has 0 atom stereocenters. The summed E-state index contributed by atoms with van der Waals surface area (Å²) in [4.78, 5) is 24.6. The second kappa shape index (κ2) is 7.90. The highest BCUT2D eigenvalue weighted by molar-refractivity contribution is 5.94. The van der Waals surface area contributed by atoms with E-state index in [1.165, 1.54) is 39.2 Å². The number of pyridine rings is 1. The van der Waals surface area contributed by atoms with Crippen molar-refractivity contribution in [2.24, 2.45) is 5.92 Å². The van der Waals surface area contributed by atoms with Crippen LogP contribution in [-0.2, 0) is 11.3 Å². The van der Waals surface area contributed by atoms with E-state index in [0.29, 0.717) is 11.6 Å². The summed E-state index contributed by atoms with van der Waals surface area (Å²) >= 11 is 0. The van der Waals surface area contributed by atoms with E-state index in [9.17, 15) is 4.79 Å². The molecule has 4 rings (SSSR count). The molecule has 1 amide bonds. The van der Waals surface area contributed by atoms with Crippen LogP contribution in [-0.4, -0.2) is 37.9 Å². The molecule has 0 spiro atoms. The van der Waals surface area contributed by atoms with Crippen molar-refractivity contribution < 1.29 is 9.53 Å². The first-order chi connectivity index (χ1) is 14.1. The third-order valence-corrected chi connectivity index (χ3v) is 5.25. The number of nitrogens with one attached hydrogen (secondary N) is 1. The molecule has 1 aliphatic carbocycles. The molecule has 0 aliphatic heterocycles. The predicted octanol–water partition coefficient (Wildman–Crippen LogP) is 2.81. The van der Waals surface area contributed by atoms with Gasteiger partial charge in [0.1, 0.15) is 11.4 Å². The molecule has 29 heavy (non-hydrogen) atoms. The third kappa shape index (κ3) is 3.78. The van der Waals surface area contributed by atoms with E-state index in [4.69, 9.17) is 16.6 Å². The number of nitrogens with two attached hydrogens (primary N) is 2. The molecule has 0 saturated heterocycles. The Labute approximate surface area is 167 Å². The molecule has 0 bridgehead atoms. The molecule has 3 heterocycles. The zero-order chi connectivity index (χ0) is 20.4. The summed E-state index contributed by atoms with van der Waals surface area (Å²) in [6, 6.07) is 3.77. The van der Waals surface area contributed by atoms with Crippen molar-refractivity contribution in [1.82, 2.24) is 24.7 Å². The van der Waals surface area contributed by atoms with Crippen molar-refractivity contribution in [2.45, 2.75) is 38.6 Å². The first-order valence-corrected chi connectivity index (χ1v) is 9.66. The largest absolute Gasteiger partial charge is 0.453 e. The zero-order valence-electron chi connectivity index (χ0n) is 16.3. The number of nitrogens with zero attached hydrogens (tertiary/aromatic N) is 5. The number of carbonyl (C=O) groups is 1. The Morgan fingerprint density at radius 3 is 2.66 bits per heavy atom. The van der Waals surface area contributed by atoms with Gasteiger partial charge in [0.05, 0.1) is 12.5 Å². The topological polar surface area (TPSA) is 147 Å². The molecule has 10 nitrogen and oxygen atoms in total. The first kappa shape index (κ1) is 18.9. The lowest BCUT2D eigenvalue weighted by Gasteiger charge is -2.21. The van der Waals surface area contributed by atoms with E-state index in [-0.39, 0.29) is 23.1 Å². The van der Waals surface area contributed by atoms with Crippen molar-refractivity contribution >= 4 is 34.4 Å². The highest BCUT2D eigenvalue weighted by atomic mass is 16.5. The van der Waals surface area contributed by atoms with Crippen LogP contribution in [0.25, 0.3) is 22.6 Å². The van der Waals surface area contributed by atoms with Gasteiger partial charge in [0, 0.05) is 12.7 Å². The van der Waals surface area contributed by atoms with Crippen LogP contribution in [0.2, 0.25) is 0 Å². The Balaban J connectivity index is 1.73. The van der Waals surface area contributed by atoms with Gasteiger partial charge in [-0.05, 0) is 30.9 Å². The quantitative estimate of drug-likeness (QED) is 0.610. The average molecular weight is 396 g/mol. The second-order valence-electron chi connectivity index (χ2n) is 7.22. The van der Waals surface area contributed by atoms with Gasteiger partial charge in [-0.2, -0.15) is 5.10 Å². The number of ether oxygens (including phenoxy) is 1. The molecule has 0 unspecified atom stereocenters. The molecule has 3 aromatic rings. The number of methoxy groups -OCH3 is 1. The number of hydrogen-bond donors (Lipinski definition) is 3. The van der Waals surface area contributed by atoms with Gasteiger partial charge < -0.3 is 16.2 Å². The fourth-order valence-corrected chi connectivity index (χ4v) is 3.80. The normalized spacial score (nSPS) is 14.8. The molecule has 5 N–H and O–H groups in total. The van der Waals surface area contributed by atoms with E-state index in [1.807, 2.05) is 16.8 Å². The van der Waals surface area contributed by atoms with Gasteiger partial charge >= 0.3 is 6.09 Å². The third-order valence-electron chi connectivity index (χ3n) is 5.25. The monoisotopic (exact) mass is 396 g/mol. The van der Waals surface area contributed by atoms with Gasteiger partial charge in [0.15, 0.2) is 23.1 Å². The van der Waals surface area contributed by atoms with Crippen molar-refractivity contribution in [2.75, 3.05) is 23.9 Å². The zero-order valence-corrected chi connectivity index (χ0v) is 16.3. The smallest absolute Gasteiger partial charge is 0.411 e. The lowest BCUT2D eigenvalue weighted by molar-refractivity contribution is 0.187. The lowest BCUT2D eigenvalue weighted by atomic mass is 9.89. The van der Waals surface area contributed by atoms with Gasteiger partial charge in [-0.25, -0.2) is 24.4 Å². The van der Waals surface area contributed by atoms with Crippen LogP contribution in [0.1, 0.15) is 32.1 Å². The van der Waals surface area contributed by atoms with E-state index in [2.05, 4.69) is 25.0 Å². The first-order valence-electron chi connectivity index (χ1n) is 9.66. The molecule has 0 radical (unpaired) electrons. The molecule has 1 saturated carbocycles. The SMILES string of the molecule is COC(=O)Nc1c(N)nc(-c2nn(CC3CCCCC3)c3ncccc23)nc1N. The minimum Gasteiger partial charge on any atom is -0.453 e. The summed E-state index contributed by atoms with van der Waals surface area (Å²) in [6.07, 6.45) is 7.27. The summed E-state index contributed by atoms with van der Waals surface area (Å²) in [5.41, 5.74) is 13.5. The number of amides is 1. The number of rotatable bonds is 4. The number of nitrogen functional groups attached to an aromatic ring is 2. The van der Waals surface area contributed by atoms with Gasteiger partial charge in [-0.1, -0.05) is 19.3 Å². The Hall–Kier alpha value is -3.43. The maximum atomic E-state index is 11.5. The molecule has 152 valence electrons. The number of hydrogen-bond acceptors (Lipinski definition) is 8. The molecule has 3 aromatic heterocycles. The minimum atomic E-state index is -0.703. The summed E-state index contributed by atoms with van der Waals surface area (Å²) in [5, 5.41) is 8.01. The molecule has 10 heteroatoms. The van der Waals surface area contributed by atoms with Crippen molar-refractivity contribution in [3.63, 3.8) is 0 Å². The summed E-state index contributed by atoms with van der Waals surface area (Å²) in [7, 11) is 1.25. The van der Waals surface area contributed by atoms with Crippen LogP contribution in [0.3, 0.4) is 0 Å². The van der Waals surface area contributed by atoms with Crippen LogP contribution in [0.5, 0.6) is 0 Å². The molecule has 0 aromatic carbocycles. The Morgan fingerprint density at radius 1 is 1.24 bits per heavy atom. The fourth-order valence-electron chi connectivity index (χ4n) is 3.80. The molecule has 1 fully saturated rings. The second-order valence-corrected chi connectivity index (χ2v) is 7.22. The highest BCUT2D eigenvalue weighted by Crippen LogP contribution is 2.31. The van der Waals surface area contributed by atoms with E-state index < -0.39 is 6.09 Å². The molecule has 1 aliphatic rings.